The zero-order valence-corrected chi connectivity index (χ0v) is 16.7. The Labute approximate surface area is 170 Å². The maximum Gasteiger partial charge on any atom is 0.266 e. The van der Waals surface area contributed by atoms with Gasteiger partial charge in [-0.2, -0.15) is 4.98 Å². The van der Waals surface area contributed by atoms with E-state index in [4.69, 9.17) is 44.3 Å². The van der Waals surface area contributed by atoms with Crippen LogP contribution in [0.5, 0.6) is 17.4 Å². The van der Waals surface area contributed by atoms with E-state index in [2.05, 4.69) is 9.97 Å². The molecule has 0 bridgehead atoms. The first-order valence-corrected chi connectivity index (χ1v) is 9.57. The number of ether oxygens (including phenoxy) is 2. The van der Waals surface area contributed by atoms with Crippen molar-refractivity contribution >= 4 is 46.6 Å². The van der Waals surface area contributed by atoms with E-state index in [1.165, 1.54) is 18.9 Å². The molecule has 3 rings (SSSR count). The highest BCUT2D eigenvalue weighted by Gasteiger charge is 2.12. The summed E-state index contributed by atoms with van der Waals surface area (Å²) in [5, 5.41) is 2.20. The number of aromatic nitrogens is 2. The first-order chi connectivity index (χ1) is 12.5. The van der Waals surface area contributed by atoms with Crippen molar-refractivity contribution in [3.05, 3.63) is 69.3 Å². The molecule has 8 heteroatoms. The van der Waals surface area contributed by atoms with Gasteiger partial charge in [-0.3, -0.25) is 0 Å². The molecule has 4 nitrogen and oxygen atoms in total. The van der Waals surface area contributed by atoms with E-state index < -0.39 is 0 Å². The Morgan fingerprint density at radius 1 is 0.962 bits per heavy atom. The largest absolute Gasteiger partial charge is 0.490 e. The molecule has 0 unspecified atom stereocenters. The molecule has 0 atom stereocenters. The molecule has 0 spiro atoms. The lowest BCUT2D eigenvalue weighted by atomic mass is 10.2. The fourth-order valence-electron chi connectivity index (χ4n) is 2.05. The number of hydrogen-bond donors (Lipinski definition) is 0. The molecule has 0 saturated carbocycles. The minimum atomic E-state index is 0.291. The summed E-state index contributed by atoms with van der Waals surface area (Å²) in [4.78, 5) is 8.71. The van der Waals surface area contributed by atoms with Gasteiger partial charge in [-0.25, -0.2) is 4.98 Å². The number of rotatable bonds is 6. The molecule has 0 N–H and O–H groups in total. The minimum Gasteiger partial charge on any atom is -0.490 e. The molecule has 1 heterocycles. The molecule has 0 amide bonds. The predicted molar refractivity (Wildman–Crippen MR) is 106 cm³/mol. The van der Waals surface area contributed by atoms with Crippen LogP contribution in [0.4, 0.5) is 0 Å². The van der Waals surface area contributed by atoms with Crippen molar-refractivity contribution in [3.63, 3.8) is 0 Å². The van der Waals surface area contributed by atoms with Crippen molar-refractivity contribution in [1.29, 1.82) is 0 Å². The summed E-state index contributed by atoms with van der Waals surface area (Å²) in [5.74, 6) is 1.87. The van der Waals surface area contributed by atoms with Gasteiger partial charge in [0.05, 0.1) is 13.3 Å². The molecule has 3 aromatic rings. The highest BCUT2D eigenvalue weighted by Crippen LogP contribution is 2.33. The van der Waals surface area contributed by atoms with Crippen LogP contribution < -0.4 is 9.47 Å². The predicted octanol–water partition coefficient (Wildman–Crippen LogP) is 6.53. The van der Waals surface area contributed by atoms with Crippen LogP contribution in [0.25, 0.3) is 0 Å². The molecule has 2 aromatic carbocycles. The van der Waals surface area contributed by atoms with Crippen LogP contribution in [0.2, 0.25) is 15.1 Å². The highest BCUT2D eigenvalue weighted by atomic mass is 35.5. The SMILES string of the molecule is COc1cnc(SCc2ccc(Cl)cc2)nc1Oc1cc(Cl)cc(Cl)c1. The quantitative estimate of drug-likeness (QED) is 0.330. The van der Waals surface area contributed by atoms with Gasteiger partial charge in [0.2, 0.25) is 0 Å². The summed E-state index contributed by atoms with van der Waals surface area (Å²) >= 11 is 19.4. The van der Waals surface area contributed by atoms with Crippen LogP contribution >= 0.6 is 46.6 Å². The highest BCUT2D eigenvalue weighted by molar-refractivity contribution is 7.98. The van der Waals surface area contributed by atoms with Gasteiger partial charge in [-0.05, 0) is 35.9 Å². The summed E-state index contributed by atoms with van der Waals surface area (Å²) in [6.45, 7) is 0. The van der Waals surface area contributed by atoms with E-state index in [-0.39, 0.29) is 0 Å². The van der Waals surface area contributed by atoms with Crippen molar-refractivity contribution in [2.75, 3.05) is 7.11 Å². The lowest BCUT2D eigenvalue weighted by Gasteiger charge is -2.10. The molecule has 134 valence electrons. The summed E-state index contributed by atoms with van der Waals surface area (Å²) in [6, 6.07) is 12.5. The van der Waals surface area contributed by atoms with Gasteiger partial charge in [0, 0.05) is 20.8 Å². The smallest absolute Gasteiger partial charge is 0.266 e. The van der Waals surface area contributed by atoms with Crippen molar-refractivity contribution in [2.24, 2.45) is 0 Å². The van der Waals surface area contributed by atoms with Gasteiger partial charge in [-0.15, -0.1) is 0 Å². The number of nitrogens with zero attached hydrogens (tertiary/aromatic N) is 2. The lowest BCUT2D eigenvalue weighted by molar-refractivity contribution is 0.363. The fourth-order valence-corrected chi connectivity index (χ4v) is 3.45. The zero-order valence-electron chi connectivity index (χ0n) is 13.6. The summed E-state index contributed by atoms with van der Waals surface area (Å²) in [7, 11) is 1.52. The molecule has 0 saturated heterocycles. The van der Waals surface area contributed by atoms with E-state index in [9.17, 15) is 0 Å². The summed E-state index contributed by atoms with van der Waals surface area (Å²) in [6.07, 6.45) is 1.57. The fraction of sp³-hybridized carbons (Fsp3) is 0.111. The Morgan fingerprint density at radius 2 is 1.65 bits per heavy atom. The Hall–Kier alpha value is -1.66. The van der Waals surface area contributed by atoms with E-state index in [1.54, 1.807) is 24.4 Å². The molecule has 0 radical (unpaired) electrons. The second kappa shape index (κ2) is 8.82. The van der Waals surface area contributed by atoms with Crippen LogP contribution in [-0.4, -0.2) is 17.1 Å². The second-order valence-electron chi connectivity index (χ2n) is 5.15. The lowest BCUT2D eigenvalue weighted by Crippen LogP contribution is -1.97. The normalized spacial score (nSPS) is 10.6. The van der Waals surface area contributed by atoms with Gasteiger partial charge < -0.3 is 9.47 Å². The summed E-state index contributed by atoms with van der Waals surface area (Å²) in [5.41, 5.74) is 1.11. The van der Waals surface area contributed by atoms with Crippen molar-refractivity contribution in [3.8, 4) is 17.4 Å². The minimum absolute atomic E-state index is 0.291. The van der Waals surface area contributed by atoms with Crippen LogP contribution in [0.1, 0.15) is 5.56 Å². The monoisotopic (exact) mass is 426 g/mol. The maximum atomic E-state index is 6.01. The third-order valence-corrected chi connectivity index (χ3v) is 4.87. The maximum absolute atomic E-state index is 6.01. The van der Waals surface area contributed by atoms with Crippen molar-refractivity contribution < 1.29 is 9.47 Å². The molecular formula is C18H13Cl3N2O2S. The number of benzene rings is 2. The van der Waals surface area contributed by atoms with Gasteiger partial charge in [0.15, 0.2) is 10.9 Å². The Balaban J connectivity index is 1.78. The van der Waals surface area contributed by atoms with Crippen LogP contribution in [-0.2, 0) is 5.75 Å². The topological polar surface area (TPSA) is 44.2 Å². The molecule has 0 aliphatic rings. The Bertz CT molecular complexity index is 887. The third kappa shape index (κ3) is 5.17. The number of halogens is 3. The molecule has 26 heavy (non-hydrogen) atoms. The summed E-state index contributed by atoms with van der Waals surface area (Å²) < 4.78 is 11.1. The molecular weight excluding hydrogens is 415 g/mol. The first kappa shape index (κ1) is 19.1. The van der Waals surface area contributed by atoms with Crippen molar-refractivity contribution in [1.82, 2.24) is 9.97 Å². The standard InChI is InChI=1S/C18H13Cl3N2O2S/c1-24-16-9-22-18(26-10-11-2-4-12(19)5-3-11)23-17(16)25-15-7-13(20)6-14(21)8-15/h2-9H,10H2,1H3. The average Bonchev–Trinajstić information content (AvgIpc) is 2.60. The van der Waals surface area contributed by atoms with Gasteiger partial charge in [-0.1, -0.05) is 58.7 Å². The van der Waals surface area contributed by atoms with Gasteiger partial charge >= 0.3 is 0 Å². The average molecular weight is 428 g/mol. The number of hydrogen-bond acceptors (Lipinski definition) is 5. The first-order valence-electron chi connectivity index (χ1n) is 7.46. The second-order valence-corrected chi connectivity index (χ2v) is 7.40. The number of methoxy groups -OCH3 is 1. The molecule has 0 aliphatic carbocycles. The van der Waals surface area contributed by atoms with E-state index >= 15 is 0 Å². The molecule has 0 fully saturated rings. The van der Waals surface area contributed by atoms with E-state index in [0.717, 1.165) is 5.56 Å². The molecule has 1 aromatic heterocycles. The van der Waals surface area contributed by atoms with Crippen LogP contribution in [0, 0.1) is 0 Å². The van der Waals surface area contributed by atoms with Crippen LogP contribution in [0.15, 0.2) is 53.8 Å². The van der Waals surface area contributed by atoms with E-state index in [0.29, 0.717) is 43.4 Å². The van der Waals surface area contributed by atoms with Gasteiger partial charge in [0.1, 0.15) is 5.75 Å². The van der Waals surface area contributed by atoms with Crippen LogP contribution in [0.3, 0.4) is 0 Å². The Morgan fingerprint density at radius 3 is 2.31 bits per heavy atom. The zero-order chi connectivity index (χ0) is 18.5. The van der Waals surface area contributed by atoms with Gasteiger partial charge in [0.25, 0.3) is 5.88 Å². The van der Waals surface area contributed by atoms with Crippen molar-refractivity contribution in [2.45, 2.75) is 10.9 Å². The third-order valence-electron chi connectivity index (χ3n) is 3.25. The Kier molecular flexibility index (Phi) is 6.48. The van der Waals surface area contributed by atoms with E-state index in [1.807, 2.05) is 24.3 Å². The molecule has 0 aliphatic heterocycles. The number of thioether (sulfide) groups is 1.